The van der Waals surface area contributed by atoms with Crippen LogP contribution in [0.1, 0.15) is 12.8 Å². The second-order valence-corrected chi connectivity index (χ2v) is 6.20. The molecule has 24 heavy (non-hydrogen) atoms. The summed E-state index contributed by atoms with van der Waals surface area (Å²) in [7, 11) is 0. The maximum atomic E-state index is 12.6. The largest absolute Gasteiger partial charge is 0.448 e. The topological polar surface area (TPSA) is 94.4 Å². The highest BCUT2D eigenvalue weighted by atomic mass is 16.3. The summed E-state index contributed by atoms with van der Waals surface area (Å²) < 4.78 is 6.93. The highest BCUT2D eigenvalue weighted by Crippen LogP contribution is 2.24. The third kappa shape index (κ3) is 2.46. The summed E-state index contributed by atoms with van der Waals surface area (Å²) in [4.78, 5) is 31.1. The number of fused-ring (bicyclic) bond motifs is 3. The third-order valence-electron chi connectivity index (χ3n) is 4.47. The number of para-hydroxylation sites is 1. The number of benzene rings is 1. The van der Waals surface area contributed by atoms with Crippen molar-refractivity contribution in [2.45, 2.75) is 25.4 Å². The molecule has 3 heterocycles. The molecule has 1 atom stereocenters. The Balaban J connectivity index is 1.67. The van der Waals surface area contributed by atoms with E-state index >= 15 is 0 Å². The first-order valence-corrected chi connectivity index (χ1v) is 8.03. The Morgan fingerprint density at radius 1 is 1.38 bits per heavy atom. The number of carbonyl (C=O) groups is 1. The Kier molecular flexibility index (Phi) is 3.57. The molecule has 0 spiro atoms. The van der Waals surface area contributed by atoms with E-state index in [4.69, 9.17) is 10.2 Å². The van der Waals surface area contributed by atoms with Gasteiger partial charge >= 0.3 is 0 Å². The number of hydrogen-bond acceptors (Lipinski definition) is 5. The summed E-state index contributed by atoms with van der Waals surface area (Å²) in [5.74, 6) is -0.121. The van der Waals surface area contributed by atoms with Crippen molar-refractivity contribution in [3.8, 4) is 0 Å². The lowest BCUT2D eigenvalue weighted by atomic mass is 10.1. The first-order chi connectivity index (χ1) is 11.6. The van der Waals surface area contributed by atoms with Crippen molar-refractivity contribution in [2.75, 3.05) is 13.1 Å². The lowest BCUT2D eigenvalue weighted by Crippen LogP contribution is -2.47. The molecular weight excluding hydrogens is 308 g/mol. The standard InChI is InChI=1S/C17H18N4O3/c18-11-4-3-7-20(8-11)14(22)9-21-10-19-15-12-5-1-2-6-13(12)24-16(15)17(21)23/h1-2,5-6,10-11H,3-4,7-9,18H2. The summed E-state index contributed by atoms with van der Waals surface area (Å²) in [5, 5.41) is 0.796. The quantitative estimate of drug-likeness (QED) is 0.761. The first-order valence-electron chi connectivity index (χ1n) is 8.03. The molecule has 0 saturated carbocycles. The molecule has 1 aliphatic rings. The van der Waals surface area contributed by atoms with Crippen molar-refractivity contribution in [3.63, 3.8) is 0 Å². The molecule has 0 bridgehead atoms. The van der Waals surface area contributed by atoms with Gasteiger partial charge in [0, 0.05) is 24.5 Å². The zero-order valence-corrected chi connectivity index (χ0v) is 13.1. The van der Waals surface area contributed by atoms with Crippen LogP contribution < -0.4 is 11.3 Å². The van der Waals surface area contributed by atoms with Crippen LogP contribution >= 0.6 is 0 Å². The number of likely N-dealkylation sites (tertiary alicyclic amines) is 1. The molecule has 2 N–H and O–H groups in total. The van der Waals surface area contributed by atoms with Crippen LogP contribution in [0, 0.1) is 0 Å². The minimum Gasteiger partial charge on any atom is -0.448 e. The minimum absolute atomic E-state index is 0.00963. The highest BCUT2D eigenvalue weighted by Gasteiger charge is 2.22. The van der Waals surface area contributed by atoms with Crippen LogP contribution in [-0.4, -0.2) is 39.5 Å². The zero-order chi connectivity index (χ0) is 16.7. The molecule has 1 saturated heterocycles. The molecule has 2 aromatic heterocycles. The van der Waals surface area contributed by atoms with Crippen LogP contribution in [0.5, 0.6) is 0 Å². The molecule has 0 aliphatic carbocycles. The van der Waals surface area contributed by atoms with Gasteiger partial charge in [0.2, 0.25) is 11.5 Å². The van der Waals surface area contributed by atoms with E-state index in [1.165, 1.54) is 10.9 Å². The van der Waals surface area contributed by atoms with Crippen LogP contribution in [0.15, 0.2) is 39.8 Å². The van der Waals surface area contributed by atoms with Crippen molar-refractivity contribution >= 4 is 28.0 Å². The molecule has 3 aromatic rings. The van der Waals surface area contributed by atoms with Gasteiger partial charge in [-0.25, -0.2) is 4.98 Å². The Morgan fingerprint density at radius 2 is 2.21 bits per heavy atom. The average Bonchev–Trinajstić information content (AvgIpc) is 2.97. The fraction of sp³-hybridized carbons (Fsp3) is 0.353. The van der Waals surface area contributed by atoms with Gasteiger partial charge in [0.15, 0.2) is 0 Å². The molecule has 7 nitrogen and oxygen atoms in total. The Morgan fingerprint density at radius 3 is 3.04 bits per heavy atom. The molecule has 7 heteroatoms. The van der Waals surface area contributed by atoms with E-state index in [1.54, 1.807) is 11.0 Å². The number of carbonyl (C=O) groups excluding carboxylic acids is 1. The van der Waals surface area contributed by atoms with Gasteiger partial charge in [-0.15, -0.1) is 0 Å². The monoisotopic (exact) mass is 326 g/mol. The molecule has 124 valence electrons. The molecule has 4 rings (SSSR count). The molecule has 1 aliphatic heterocycles. The highest BCUT2D eigenvalue weighted by molar-refractivity contribution is 6.01. The third-order valence-corrected chi connectivity index (χ3v) is 4.47. The van der Waals surface area contributed by atoms with Crippen LogP contribution in [0.25, 0.3) is 22.1 Å². The summed E-state index contributed by atoms with van der Waals surface area (Å²) in [5.41, 5.74) is 6.90. The Labute approximate surface area is 137 Å². The normalized spacial score (nSPS) is 18.4. The second-order valence-electron chi connectivity index (χ2n) is 6.20. The summed E-state index contributed by atoms with van der Waals surface area (Å²) in [6.45, 7) is 1.17. The van der Waals surface area contributed by atoms with Crippen molar-refractivity contribution < 1.29 is 9.21 Å². The zero-order valence-electron chi connectivity index (χ0n) is 13.1. The SMILES string of the molecule is NC1CCCN(C(=O)Cn2cnc3c(oc4ccccc43)c2=O)C1. The molecule has 0 radical (unpaired) electrons. The van der Waals surface area contributed by atoms with Crippen molar-refractivity contribution in [3.05, 3.63) is 40.9 Å². The van der Waals surface area contributed by atoms with Gasteiger partial charge in [0.1, 0.15) is 17.6 Å². The summed E-state index contributed by atoms with van der Waals surface area (Å²) in [6.07, 6.45) is 3.23. The molecule has 1 unspecified atom stereocenters. The molecular formula is C17H18N4O3. The smallest absolute Gasteiger partial charge is 0.297 e. The summed E-state index contributed by atoms with van der Waals surface area (Å²) >= 11 is 0. The van der Waals surface area contributed by atoms with Crippen molar-refractivity contribution in [1.29, 1.82) is 0 Å². The predicted molar refractivity (Wildman–Crippen MR) is 89.6 cm³/mol. The van der Waals surface area contributed by atoms with E-state index < -0.39 is 0 Å². The predicted octanol–water partition coefficient (Wildman–Crippen LogP) is 1.09. The maximum Gasteiger partial charge on any atom is 0.297 e. The van der Waals surface area contributed by atoms with Crippen LogP contribution in [0.2, 0.25) is 0 Å². The number of hydrogen-bond donors (Lipinski definition) is 1. The number of rotatable bonds is 2. The van der Waals surface area contributed by atoms with E-state index in [2.05, 4.69) is 4.98 Å². The van der Waals surface area contributed by atoms with Crippen LogP contribution in [0.3, 0.4) is 0 Å². The van der Waals surface area contributed by atoms with Gasteiger partial charge in [0.05, 0.1) is 6.33 Å². The maximum absolute atomic E-state index is 12.6. The summed E-state index contributed by atoms with van der Waals surface area (Å²) in [6, 6.07) is 7.37. The average molecular weight is 326 g/mol. The van der Waals surface area contributed by atoms with E-state index in [9.17, 15) is 9.59 Å². The van der Waals surface area contributed by atoms with E-state index in [0.29, 0.717) is 24.2 Å². The number of nitrogens with two attached hydrogens (primary N) is 1. The number of aromatic nitrogens is 2. The van der Waals surface area contributed by atoms with Gasteiger partial charge in [-0.05, 0) is 25.0 Å². The minimum atomic E-state index is -0.342. The van der Waals surface area contributed by atoms with Crippen LogP contribution in [-0.2, 0) is 11.3 Å². The van der Waals surface area contributed by atoms with Gasteiger partial charge in [-0.1, -0.05) is 12.1 Å². The number of amides is 1. The van der Waals surface area contributed by atoms with Gasteiger partial charge in [0.25, 0.3) is 5.56 Å². The molecule has 1 fully saturated rings. The van der Waals surface area contributed by atoms with Gasteiger partial charge in [-0.2, -0.15) is 0 Å². The Hall–Kier alpha value is -2.67. The van der Waals surface area contributed by atoms with Crippen LogP contribution in [0.4, 0.5) is 0 Å². The second kappa shape index (κ2) is 5.76. The number of nitrogens with zero attached hydrogens (tertiary/aromatic N) is 3. The van der Waals surface area contributed by atoms with Gasteiger partial charge < -0.3 is 15.1 Å². The molecule has 1 aromatic carbocycles. The molecule has 1 amide bonds. The lowest BCUT2D eigenvalue weighted by Gasteiger charge is -2.30. The lowest BCUT2D eigenvalue weighted by molar-refractivity contribution is -0.133. The first kappa shape index (κ1) is 14.9. The van der Waals surface area contributed by atoms with E-state index in [0.717, 1.165) is 18.2 Å². The van der Waals surface area contributed by atoms with E-state index in [1.807, 2.05) is 18.2 Å². The van der Waals surface area contributed by atoms with Crippen molar-refractivity contribution in [1.82, 2.24) is 14.5 Å². The fourth-order valence-electron chi connectivity index (χ4n) is 3.21. The van der Waals surface area contributed by atoms with Crippen molar-refractivity contribution in [2.24, 2.45) is 5.73 Å². The van der Waals surface area contributed by atoms with Gasteiger partial charge in [-0.3, -0.25) is 14.2 Å². The number of furan rings is 1. The fourth-order valence-corrected chi connectivity index (χ4v) is 3.21. The van der Waals surface area contributed by atoms with E-state index in [-0.39, 0.29) is 29.6 Å². The number of piperidine rings is 1. The Bertz CT molecular complexity index is 975.